The summed E-state index contributed by atoms with van der Waals surface area (Å²) in [6.45, 7) is 2.62. The molecule has 3 rings (SSSR count). The van der Waals surface area contributed by atoms with E-state index in [1.165, 1.54) is 15.6 Å². The lowest BCUT2D eigenvalue weighted by Crippen LogP contribution is -2.29. The van der Waals surface area contributed by atoms with Crippen molar-refractivity contribution in [3.63, 3.8) is 0 Å². The zero-order valence-electron chi connectivity index (χ0n) is 11.9. The van der Waals surface area contributed by atoms with Crippen LogP contribution in [0.15, 0.2) is 53.9 Å². The first-order valence-corrected chi connectivity index (χ1v) is 7.87. The van der Waals surface area contributed by atoms with Crippen molar-refractivity contribution in [2.75, 3.05) is 6.61 Å². The van der Waals surface area contributed by atoms with Gasteiger partial charge in [0.1, 0.15) is 5.75 Å². The molecule has 4 heteroatoms. The van der Waals surface area contributed by atoms with Crippen LogP contribution in [0.2, 0.25) is 0 Å². The van der Waals surface area contributed by atoms with Crippen molar-refractivity contribution >= 4 is 21.4 Å². The highest BCUT2D eigenvalue weighted by Gasteiger charge is 2.19. The second-order valence-electron chi connectivity index (χ2n) is 4.76. The number of para-hydroxylation sites is 1. The van der Waals surface area contributed by atoms with Crippen molar-refractivity contribution in [2.45, 2.75) is 13.0 Å². The Bertz CT molecular complexity index is 738. The van der Waals surface area contributed by atoms with Crippen molar-refractivity contribution < 1.29 is 4.74 Å². The minimum absolute atomic E-state index is 0.0879. The smallest absolute Gasteiger partial charge is 0.124 e. The summed E-state index contributed by atoms with van der Waals surface area (Å²) < 4.78 is 7.00. The lowest BCUT2D eigenvalue weighted by atomic mass is 9.97. The Morgan fingerprint density at radius 3 is 2.71 bits per heavy atom. The average Bonchev–Trinajstić information content (AvgIpc) is 2.99. The van der Waals surface area contributed by atoms with Gasteiger partial charge in [0.2, 0.25) is 0 Å². The Balaban J connectivity index is 2.12. The van der Waals surface area contributed by atoms with E-state index in [1.54, 1.807) is 11.3 Å². The molecule has 3 N–H and O–H groups in total. The van der Waals surface area contributed by atoms with E-state index in [0.29, 0.717) is 6.61 Å². The molecule has 108 valence electrons. The summed E-state index contributed by atoms with van der Waals surface area (Å²) in [6.07, 6.45) is 0. The first-order chi connectivity index (χ1) is 10.3. The summed E-state index contributed by atoms with van der Waals surface area (Å²) in [6, 6.07) is 16.4. The van der Waals surface area contributed by atoms with Gasteiger partial charge in [-0.05, 0) is 35.4 Å². The predicted molar refractivity (Wildman–Crippen MR) is 88.6 cm³/mol. The molecule has 1 atom stereocenters. The number of rotatable bonds is 5. The second kappa shape index (κ2) is 6.26. The maximum Gasteiger partial charge on any atom is 0.124 e. The Hall–Kier alpha value is -1.88. The van der Waals surface area contributed by atoms with E-state index in [4.69, 9.17) is 10.6 Å². The largest absolute Gasteiger partial charge is 0.494 e. The molecule has 0 aliphatic carbocycles. The van der Waals surface area contributed by atoms with Crippen molar-refractivity contribution in [1.29, 1.82) is 0 Å². The fraction of sp³-hybridized carbons (Fsp3) is 0.176. The number of nitrogens with one attached hydrogen (secondary N) is 1. The first-order valence-electron chi connectivity index (χ1n) is 6.99. The fourth-order valence-electron chi connectivity index (χ4n) is 2.60. The number of thiophene rings is 1. The maximum atomic E-state index is 5.86. The molecule has 0 saturated carbocycles. The van der Waals surface area contributed by atoms with Crippen LogP contribution >= 0.6 is 11.3 Å². The lowest BCUT2D eigenvalue weighted by molar-refractivity contribution is 0.333. The summed E-state index contributed by atoms with van der Waals surface area (Å²) in [5.41, 5.74) is 5.18. The van der Waals surface area contributed by atoms with Crippen LogP contribution < -0.4 is 16.0 Å². The number of hydrogen-bond acceptors (Lipinski definition) is 4. The molecule has 0 saturated heterocycles. The Morgan fingerprint density at radius 2 is 1.90 bits per heavy atom. The zero-order chi connectivity index (χ0) is 14.7. The Morgan fingerprint density at radius 1 is 1.10 bits per heavy atom. The van der Waals surface area contributed by atoms with E-state index in [-0.39, 0.29) is 6.04 Å². The molecular weight excluding hydrogens is 280 g/mol. The normalized spacial score (nSPS) is 12.5. The van der Waals surface area contributed by atoms with Crippen LogP contribution in [0.1, 0.15) is 24.1 Å². The number of hydrazine groups is 1. The summed E-state index contributed by atoms with van der Waals surface area (Å²) in [4.78, 5) is 0. The molecular formula is C17H18N2OS. The molecule has 1 unspecified atom stereocenters. The number of nitrogens with two attached hydrogens (primary N) is 1. The van der Waals surface area contributed by atoms with E-state index < -0.39 is 0 Å². The van der Waals surface area contributed by atoms with E-state index in [0.717, 1.165) is 11.3 Å². The van der Waals surface area contributed by atoms with Gasteiger partial charge in [-0.15, -0.1) is 11.3 Å². The topological polar surface area (TPSA) is 47.3 Å². The average molecular weight is 298 g/mol. The van der Waals surface area contributed by atoms with Crippen LogP contribution in [0.4, 0.5) is 0 Å². The van der Waals surface area contributed by atoms with Crippen molar-refractivity contribution in [3.8, 4) is 5.75 Å². The highest BCUT2D eigenvalue weighted by molar-refractivity contribution is 7.17. The Kier molecular flexibility index (Phi) is 4.20. The molecule has 0 aliphatic rings. The van der Waals surface area contributed by atoms with Crippen molar-refractivity contribution in [2.24, 2.45) is 5.84 Å². The third-order valence-electron chi connectivity index (χ3n) is 3.52. The van der Waals surface area contributed by atoms with Crippen LogP contribution in [0, 0.1) is 0 Å². The van der Waals surface area contributed by atoms with Gasteiger partial charge in [0.25, 0.3) is 0 Å². The highest BCUT2D eigenvalue weighted by atomic mass is 32.1. The first kappa shape index (κ1) is 14.1. The standard InChI is InChI=1S/C17H18N2OS/c1-2-20-15-9-4-3-7-13(15)16(19-18)14-8-5-6-12-10-11-21-17(12)14/h3-11,16,19H,2,18H2,1H3. The van der Waals surface area contributed by atoms with E-state index in [9.17, 15) is 0 Å². The van der Waals surface area contributed by atoms with Gasteiger partial charge in [-0.2, -0.15) is 0 Å². The number of ether oxygens (including phenoxy) is 1. The SMILES string of the molecule is CCOc1ccccc1C(NN)c1cccc2ccsc12. The maximum absolute atomic E-state index is 5.86. The quantitative estimate of drug-likeness (QED) is 0.555. The van der Waals surface area contributed by atoms with Crippen LogP contribution in [-0.4, -0.2) is 6.61 Å². The van der Waals surface area contributed by atoms with Crippen LogP contribution in [0.3, 0.4) is 0 Å². The zero-order valence-corrected chi connectivity index (χ0v) is 12.7. The molecule has 0 aliphatic heterocycles. The van der Waals surface area contributed by atoms with Crippen LogP contribution in [0.25, 0.3) is 10.1 Å². The van der Waals surface area contributed by atoms with Gasteiger partial charge in [0, 0.05) is 10.3 Å². The molecule has 2 aromatic carbocycles. The minimum Gasteiger partial charge on any atom is -0.494 e. The van der Waals surface area contributed by atoms with E-state index in [1.807, 2.05) is 25.1 Å². The van der Waals surface area contributed by atoms with Gasteiger partial charge in [0.05, 0.1) is 12.6 Å². The Labute approximate surface area is 128 Å². The van der Waals surface area contributed by atoms with Gasteiger partial charge in [-0.1, -0.05) is 36.4 Å². The molecule has 1 aromatic heterocycles. The van der Waals surface area contributed by atoms with Crippen LogP contribution in [0.5, 0.6) is 5.75 Å². The third kappa shape index (κ3) is 2.65. The summed E-state index contributed by atoms with van der Waals surface area (Å²) in [5.74, 6) is 6.73. The molecule has 21 heavy (non-hydrogen) atoms. The molecule has 3 nitrogen and oxygen atoms in total. The van der Waals surface area contributed by atoms with Crippen molar-refractivity contribution in [3.05, 3.63) is 65.0 Å². The van der Waals surface area contributed by atoms with E-state index >= 15 is 0 Å². The minimum atomic E-state index is -0.0879. The monoisotopic (exact) mass is 298 g/mol. The highest BCUT2D eigenvalue weighted by Crippen LogP contribution is 2.35. The molecule has 0 radical (unpaired) electrons. The lowest BCUT2D eigenvalue weighted by Gasteiger charge is -2.20. The van der Waals surface area contributed by atoms with Gasteiger partial charge in [0.15, 0.2) is 0 Å². The fourth-order valence-corrected chi connectivity index (χ4v) is 3.54. The molecule has 0 bridgehead atoms. The summed E-state index contributed by atoms with van der Waals surface area (Å²) >= 11 is 1.74. The molecule has 0 amide bonds. The summed E-state index contributed by atoms with van der Waals surface area (Å²) in [7, 11) is 0. The number of benzene rings is 2. The predicted octanol–water partition coefficient (Wildman–Crippen LogP) is 3.85. The van der Waals surface area contributed by atoms with Crippen LogP contribution in [-0.2, 0) is 0 Å². The molecule has 0 spiro atoms. The van der Waals surface area contributed by atoms with Crippen molar-refractivity contribution in [1.82, 2.24) is 5.43 Å². The van der Waals surface area contributed by atoms with E-state index in [2.05, 4.69) is 41.1 Å². The van der Waals surface area contributed by atoms with Gasteiger partial charge in [-0.3, -0.25) is 5.84 Å². The molecule has 3 aromatic rings. The van der Waals surface area contributed by atoms with Gasteiger partial charge >= 0.3 is 0 Å². The van der Waals surface area contributed by atoms with Gasteiger partial charge in [-0.25, -0.2) is 5.43 Å². The summed E-state index contributed by atoms with van der Waals surface area (Å²) in [5, 5.41) is 3.35. The third-order valence-corrected chi connectivity index (χ3v) is 4.50. The second-order valence-corrected chi connectivity index (χ2v) is 5.67. The molecule has 1 heterocycles. The van der Waals surface area contributed by atoms with Gasteiger partial charge < -0.3 is 4.74 Å². The molecule has 0 fully saturated rings. The number of hydrogen-bond donors (Lipinski definition) is 2. The number of fused-ring (bicyclic) bond motifs is 1.